The second-order valence-electron chi connectivity index (χ2n) is 4.86. The third kappa shape index (κ3) is 1.48. The lowest BCUT2D eigenvalue weighted by atomic mass is 10.1. The van der Waals surface area contributed by atoms with Crippen molar-refractivity contribution in [2.75, 3.05) is 11.9 Å². The quantitative estimate of drug-likeness (QED) is 0.800. The molecule has 0 atom stereocenters. The van der Waals surface area contributed by atoms with Gasteiger partial charge in [0.05, 0.1) is 15.3 Å². The minimum absolute atomic E-state index is 0.458. The highest BCUT2D eigenvalue weighted by Crippen LogP contribution is 2.46. The molecule has 1 fully saturated rings. The Hall–Kier alpha value is -0.550. The second kappa shape index (κ2) is 3.72. The maximum atomic E-state index is 12.7. The number of fused-ring (bicyclic) bond motifs is 1. The van der Waals surface area contributed by atoms with Crippen molar-refractivity contribution in [3.05, 3.63) is 22.7 Å². The van der Waals surface area contributed by atoms with Gasteiger partial charge in [-0.05, 0) is 40.9 Å². The average Bonchev–Trinajstić information content (AvgIpc) is 2.75. The van der Waals surface area contributed by atoms with Crippen molar-refractivity contribution in [3.8, 4) is 0 Å². The standard InChI is InChI=1S/C12H14BrNO2S/c13-9-4-3-5-10-11(9)14-8-12(17(10,15)16)6-1-2-7-12/h3-5,14H,1-2,6-8H2. The monoisotopic (exact) mass is 315 g/mol. The van der Waals surface area contributed by atoms with Gasteiger partial charge in [-0.2, -0.15) is 0 Å². The summed E-state index contributed by atoms with van der Waals surface area (Å²) in [7, 11) is -3.20. The Morgan fingerprint density at radius 1 is 1.24 bits per heavy atom. The van der Waals surface area contributed by atoms with Crippen LogP contribution < -0.4 is 5.32 Å². The normalized spacial score (nSPS) is 24.3. The summed E-state index contributed by atoms with van der Waals surface area (Å²) >= 11 is 3.40. The zero-order chi connectivity index (χ0) is 12.1. The van der Waals surface area contributed by atoms with E-state index in [1.165, 1.54) is 0 Å². The first-order valence-corrected chi connectivity index (χ1v) is 8.11. The molecule has 1 spiro atoms. The number of hydrogen-bond donors (Lipinski definition) is 1. The van der Waals surface area contributed by atoms with Crippen molar-refractivity contribution >= 4 is 31.5 Å². The summed E-state index contributed by atoms with van der Waals surface area (Å²) in [6, 6.07) is 5.37. The van der Waals surface area contributed by atoms with Crippen molar-refractivity contribution in [1.29, 1.82) is 0 Å². The molecular weight excluding hydrogens is 302 g/mol. The van der Waals surface area contributed by atoms with Crippen LogP contribution in [0.15, 0.2) is 27.6 Å². The molecule has 92 valence electrons. The minimum atomic E-state index is -3.20. The van der Waals surface area contributed by atoms with Crippen molar-refractivity contribution < 1.29 is 8.42 Å². The van der Waals surface area contributed by atoms with Crippen LogP contribution in [0, 0.1) is 0 Å². The molecule has 0 saturated heterocycles. The summed E-state index contributed by atoms with van der Waals surface area (Å²) in [5, 5.41) is 3.29. The van der Waals surface area contributed by atoms with Crippen molar-refractivity contribution in [2.24, 2.45) is 0 Å². The maximum absolute atomic E-state index is 12.7. The van der Waals surface area contributed by atoms with Crippen LogP contribution in [0.1, 0.15) is 25.7 Å². The van der Waals surface area contributed by atoms with Crippen LogP contribution in [0.3, 0.4) is 0 Å². The molecule has 1 aliphatic heterocycles. The Morgan fingerprint density at radius 2 is 1.94 bits per heavy atom. The molecular formula is C12H14BrNO2S. The first kappa shape index (κ1) is 11.5. The molecule has 0 aromatic heterocycles. The van der Waals surface area contributed by atoms with Crippen molar-refractivity contribution in [3.63, 3.8) is 0 Å². The highest BCUT2D eigenvalue weighted by Gasteiger charge is 2.50. The van der Waals surface area contributed by atoms with Gasteiger partial charge >= 0.3 is 0 Å². The fourth-order valence-electron chi connectivity index (χ4n) is 2.94. The van der Waals surface area contributed by atoms with Crippen molar-refractivity contribution in [2.45, 2.75) is 35.3 Å². The summed E-state index contributed by atoms with van der Waals surface area (Å²) in [6.45, 7) is 0.547. The van der Waals surface area contributed by atoms with Gasteiger partial charge in [0.1, 0.15) is 0 Å². The third-order valence-corrected chi connectivity index (χ3v) is 7.21. The molecule has 1 saturated carbocycles. The lowest BCUT2D eigenvalue weighted by molar-refractivity contribution is 0.516. The number of anilines is 1. The van der Waals surface area contributed by atoms with Crippen LogP contribution in [0.2, 0.25) is 0 Å². The van der Waals surface area contributed by atoms with E-state index in [1.54, 1.807) is 12.1 Å². The lowest BCUT2D eigenvalue weighted by Crippen LogP contribution is -2.46. The lowest BCUT2D eigenvalue weighted by Gasteiger charge is -2.35. The first-order chi connectivity index (χ1) is 8.07. The van der Waals surface area contributed by atoms with E-state index in [1.807, 2.05) is 6.07 Å². The summed E-state index contributed by atoms with van der Waals surface area (Å²) in [5.41, 5.74) is 0.727. The van der Waals surface area contributed by atoms with Crippen LogP contribution in [0.5, 0.6) is 0 Å². The largest absolute Gasteiger partial charge is 0.381 e. The molecule has 0 unspecified atom stereocenters. The van der Waals surface area contributed by atoms with Gasteiger partial charge in [-0.25, -0.2) is 8.42 Å². The zero-order valence-electron chi connectivity index (χ0n) is 9.37. The molecule has 1 N–H and O–H groups in total. The first-order valence-electron chi connectivity index (χ1n) is 5.84. The predicted octanol–water partition coefficient (Wildman–Crippen LogP) is 2.96. The smallest absolute Gasteiger partial charge is 0.187 e. The topological polar surface area (TPSA) is 46.2 Å². The SMILES string of the molecule is O=S1(=O)c2cccc(Br)c2NCC12CCCC2. The molecule has 0 bridgehead atoms. The highest BCUT2D eigenvalue weighted by atomic mass is 79.9. The van der Waals surface area contributed by atoms with Crippen LogP contribution in [-0.2, 0) is 9.84 Å². The Labute approximate surface area is 110 Å². The van der Waals surface area contributed by atoms with E-state index >= 15 is 0 Å². The fourth-order valence-corrected chi connectivity index (χ4v) is 5.84. The Balaban J connectivity index is 2.22. The molecule has 1 aromatic carbocycles. The van der Waals surface area contributed by atoms with Crippen LogP contribution in [0.4, 0.5) is 5.69 Å². The molecule has 1 heterocycles. The number of halogens is 1. The number of benzene rings is 1. The van der Waals surface area contributed by atoms with E-state index < -0.39 is 14.6 Å². The average molecular weight is 316 g/mol. The highest BCUT2D eigenvalue weighted by molar-refractivity contribution is 9.10. The van der Waals surface area contributed by atoms with Gasteiger partial charge < -0.3 is 5.32 Å². The number of rotatable bonds is 0. The van der Waals surface area contributed by atoms with Gasteiger partial charge in [-0.1, -0.05) is 18.9 Å². The Bertz CT molecular complexity index is 562. The molecule has 5 heteroatoms. The molecule has 0 amide bonds. The Kier molecular flexibility index (Phi) is 2.52. The molecule has 2 aliphatic rings. The van der Waals surface area contributed by atoms with Gasteiger partial charge in [0.25, 0.3) is 0 Å². The molecule has 17 heavy (non-hydrogen) atoms. The van der Waals surface area contributed by atoms with Crippen LogP contribution >= 0.6 is 15.9 Å². The van der Waals surface area contributed by atoms with Gasteiger partial charge in [0.2, 0.25) is 0 Å². The summed E-state index contributed by atoms with van der Waals surface area (Å²) in [5.74, 6) is 0. The zero-order valence-corrected chi connectivity index (χ0v) is 11.8. The number of nitrogens with one attached hydrogen (secondary N) is 1. The molecule has 1 aliphatic carbocycles. The van der Waals surface area contributed by atoms with E-state index in [0.29, 0.717) is 11.4 Å². The number of hydrogen-bond acceptors (Lipinski definition) is 3. The molecule has 3 nitrogen and oxygen atoms in total. The fraction of sp³-hybridized carbons (Fsp3) is 0.500. The van der Waals surface area contributed by atoms with Gasteiger partial charge in [-0.15, -0.1) is 0 Å². The van der Waals surface area contributed by atoms with E-state index in [-0.39, 0.29) is 0 Å². The minimum Gasteiger partial charge on any atom is -0.381 e. The third-order valence-electron chi connectivity index (χ3n) is 3.94. The summed E-state index contributed by atoms with van der Waals surface area (Å²) in [6.07, 6.45) is 3.61. The van der Waals surface area contributed by atoms with Crippen molar-refractivity contribution in [1.82, 2.24) is 0 Å². The molecule has 0 radical (unpaired) electrons. The predicted molar refractivity (Wildman–Crippen MR) is 71.0 cm³/mol. The summed E-state index contributed by atoms with van der Waals surface area (Å²) < 4.78 is 25.7. The van der Waals surface area contributed by atoms with E-state index in [9.17, 15) is 8.42 Å². The van der Waals surface area contributed by atoms with E-state index in [2.05, 4.69) is 21.2 Å². The molecule has 1 aromatic rings. The van der Waals surface area contributed by atoms with Crippen LogP contribution in [-0.4, -0.2) is 19.7 Å². The van der Waals surface area contributed by atoms with Gasteiger partial charge in [0.15, 0.2) is 9.84 Å². The van der Waals surface area contributed by atoms with Crippen LogP contribution in [0.25, 0.3) is 0 Å². The second-order valence-corrected chi connectivity index (χ2v) is 8.03. The van der Waals surface area contributed by atoms with E-state index in [0.717, 1.165) is 35.8 Å². The maximum Gasteiger partial charge on any atom is 0.187 e. The van der Waals surface area contributed by atoms with Gasteiger partial charge in [-0.3, -0.25) is 0 Å². The number of sulfone groups is 1. The van der Waals surface area contributed by atoms with E-state index in [4.69, 9.17) is 0 Å². The molecule has 3 rings (SSSR count). The Morgan fingerprint density at radius 3 is 2.65 bits per heavy atom. The van der Waals surface area contributed by atoms with Gasteiger partial charge in [0, 0.05) is 11.0 Å². The summed E-state index contributed by atoms with van der Waals surface area (Å²) in [4.78, 5) is 0.458. The number of para-hydroxylation sites is 1.